The number of esters is 3. The average molecular weight is 502 g/mol. The van der Waals surface area contributed by atoms with Crippen LogP contribution in [0, 0.1) is 5.92 Å². The minimum atomic E-state index is -1.44. The van der Waals surface area contributed by atoms with E-state index in [0.717, 1.165) is 11.1 Å². The van der Waals surface area contributed by atoms with Crippen molar-refractivity contribution in [3.05, 3.63) is 108 Å². The number of rotatable bonds is 11. The molecule has 3 rings (SSSR count). The summed E-state index contributed by atoms with van der Waals surface area (Å²) in [6.45, 7) is 3.41. The van der Waals surface area contributed by atoms with Gasteiger partial charge in [0.2, 0.25) is 0 Å². The van der Waals surface area contributed by atoms with Crippen molar-refractivity contribution < 1.29 is 28.6 Å². The fourth-order valence-corrected chi connectivity index (χ4v) is 4.13. The van der Waals surface area contributed by atoms with E-state index in [4.69, 9.17) is 19.2 Å². The van der Waals surface area contributed by atoms with Gasteiger partial charge in [0.05, 0.1) is 26.0 Å². The van der Waals surface area contributed by atoms with E-state index in [1.807, 2.05) is 60.7 Å². The molecule has 192 valence electrons. The Labute approximate surface area is 217 Å². The van der Waals surface area contributed by atoms with Crippen LogP contribution in [0.15, 0.2) is 96.0 Å². The lowest BCUT2D eigenvalue weighted by molar-refractivity contribution is -0.163. The maximum Gasteiger partial charge on any atom is 0.331 e. The number of aliphatic imine (C=N–C) groups is 1. The summed E-state index contributed by atoms with van der Waals surface area (Å²) in [5.74, 6) is -4.77. The Balaban J connectivity index is 2.30. The van der Waals surface area contributed by atoms with Crippen LogP contribution in [0.2, 0.25) is 0 Å². The monoisotopic (exact) mass is 501 g/mol. The zero-order valence-corrected chi connectivity index (χ0v) is 21.2. The molecule has 0 N–H and O–H groups in total. The topological polar surface area (TPSA) is 91.3 Å². The van der Waals surface area contributed by atoms with Gasteiger partial charge in [0, 0.05) is 17.0 Å². The van der Waals surface area contributed by atoms with Gasteiger partial charge in [0.25, 0.3) is 0 Å². The highest BCUT2D eigenvalue weighted by Crippen LogP contribution is 2.34. The summed E-state index contributed by atoms with van der Waals surface area (Å²) in [5.41, 5.74) is 2.59. The summed E-state index contributed by atoms with van der Waals surface area (Å²) >= 11 is 0. The maximum absolute atomic E-state index is 13.4. The number of hydrogen-bond acceptors (Lipinski definition) is 7. The number of benzene rings is 3. The number of hydrogen-bond donors (Lipinski definition) is 0. The van der Waals surface area contributed by atoms with Crippen molar-refractivity contribution in [3.8, 4) is 0 Å². The number of carbonyl (C=O) groups is 3. The van der Waals surface area contributed by atoms with Gasteiger partial charge < -0.3 is 14.2 Å². The van der Waals surface area contributed by atoms with E-state index >= 15 is 0 Å². The third-order valence-corrected chi connectivity index (χ3v) is 5.77. The fourth-order valence-electron chi connectivity index (χ4n) is 4.13. The average Bonchev–Trinajstić information content (AvgIpc) is 2.94. The van der Waals surface area contributed by atoms with Crippen molar-refractivity contribution in [2.75, 3.05) is 20.3 Å². The van der Waals surface area contributed by atoms with E-state index in [1.54, 1.807) is 44.2 Å². The summed E-state index contributed by atoms with van der Waals surface area (Å²) in [7, 11) is 1.25. The van der Waals surface area contributed by atoms with Crippen LogP contribution in [0.25, 0.3) is 0 Å². The van der Waals surface area contributed by atoms with Gasteiger partial charge in [0.15, 0.2) is 12.0 Å². The quantitative estimate of drug-likeness (QED) is 0.165. The summed E-state index contributed by atoms with van der Waals surface area (Å²) in [4.78, 5) is 44.6. The van der Waals surface area contributed by atoms with Crippen molar-refractivity contribution in [1.82, 2.24) is 0 Å². The molecule has 0 aliphatic rings. The lowest BCUT2D eigenvalue weighted by atomic mass is 9.80. The van der Waals surface area contributed by atoms with Crippen LogP contribution in [-0.2, 0) is 28.6 Å². The molecular weight excluding hydrogens is 470 g/mol. The molecule has 0 aliphatic heterocycles. The van der Waals surface area contributed by atoms with Crippen molar-refractivity contribution >= 4 is 23.6 Å². The molecule has 3 aromatic carbocycles. The van der Waals surface area contributed by atoms with Gasteiger partial charge in [-0.3, -0.25) is 14.6 Å². The van der Waals surface area contributed by atoms with Crippen LogP contribution in [0.3, 0.4) is 0 Å². The predicted molar refractivity (Wildman–Crippen MR) is 140 cm³/mol. The predicted octanol–water partition coefficient (Wildman–Crippen LogP) is 4.59. The van der Waals surface area contributed by atoms with E-state index in [1.165, 1.54) is 7.11 Å². The van der Waals surface area contributed by atoms with Gasteiger partial charge in [-0.25, -0.2) is 4.79 Å². The molecule has 0 spiro atoms. The van der Waals surface area contributed by atoms with E-state index in [9.17, 15) is 14.4 Å². The SMILES string of the molecule is CCOC(=O)C(C(=O)OCC)[C@H](c1ccccc1)[C@H](N=C(c1ccccc1)c1ccccc1)C(=O)OC. The van der Waals surface area contributed by atoms with E-state index in [2.05, 4.69) is 0 Å². The molecule has 0 fully saturated rings. The van der Waals surface area contributed by atoms with Gasteiger partial charge in [-0.2, -0.15) is 0 Å². The molecule has 0 bridgehead atoms. The standard InChI is InChI=1S/C30H31NO6/c1-4-36-28(32)25(29(33)37-5-2)24(21-15-9-6-10-16-21)27(30(34)35-3)31-26(22-17-11-7-12-18-22)23-19-13-8-14-20-23/h6-20,24-25,27H,4-5H2,1-3H3/t24-,27-/m0/s1. The number of nitrogens with zero attached hydrogens (tertiary/aromatic N) is 1. The number of ether oxygens (including phenoxy) is 3. The van der Waals surface area contributed by atoms with Crippen LogP contribution in [0.4, 0.5) is 0 Å². The third kappa shape index (κ3) is 6.91. The number of carbonyl (C=O) groups excluding carboxylic acids is 3. The van der Waals surface area contributed by atoms with Crippen LogP contribution in [0.5, 0.6) is 0 Å². The highest BCUT2D eigenvalue weighted by Gasteiger charge is 2.46. The Morgan fingerprint density at radius 1 is 0.676 bits per heavy atom. The zero-order valence-electron chi connectivity index (χ0n) is 21.2. The van der Waals surface area contributed by atoms with E-state index < -0.39 is 35.8 Å². The second-order valence-electron chi connectivity index (χ2n) is 8.10. The first kappa shape index (κ1) is 27.3. The van der Waals surface area contributed by atoms with Gasteiger partial charge in [-0.1, -0.05) is 91.0 Å². The Hall–Kier alpha value is -4.26. The summed E-state index contributed by atoms with van der Waals surface area (Å²) in [6.07, 6.45) is 0. The smallest absolute Gasteiger partial charge is 0.331 e. The number of methoxy groups -OCH3 is 1. The van der Waals surface area contributed by atoms with Crippen molar-refractivity contribution in [3.63, 3.8) is 0 Å². The highest BCUT2D eigenvalue weighted by atomic mass is 16.6. The third-order valence-electron chi connectivity index (χ3n) is 5.77. The second kappa shape index (κ2) is 13.7. The lowest BCUT2D eigenvalue weighted by Crippen LogP contribution is -2.42. The van der Waals surface area contributed by atoms with Crippen LogP contribution in [-0.4, -0.2) is 50.0 Å². The molecule has 2 atom stereocenters. The minimum Gasteiger partial charge on any atom is -0.467 e. The molecule has 0 aliphatic carbocycles. The molecule has 0 unspecified atom stereocenters. The second-order valence-corrected chi connectivity index (χ2v) is 8.10. The van der Waals surface area contributed by atoms with Gasteiger partial charge in [-0.05, 0) is 19.4 Å². The minimum absolute atomic E-state index is 0.0572. The summed E-state index contributed by atoms with van der Waals surface area (Å²) in [5, 5.41) is 0. The Bertz CT molecular complexity index is 1140. The molecule has 0 saturated carbocycles. The van der Waals surface area contributed by atoms with Gasteiger partial charge in [-0.15, -0.1) is 0 Å². The molecular formula is C30H31NO6. The zero-order chi connectivity index (χ0) is 26.6. The molecule has 0 heterocycles. The first-order chi connectivity index (χ1) is 18.0. The first-order valence-corrected chi connectivity index (χ1v) is 12.2. The summed E-state index contributed by atoms with van der Waals surface area (Å²) < 4.78 is 15.7. The molecule has 7 nitrogen and oxygen atoms in total. The Morgan fingerprint density at radius 3 is 1.51 bits per heavy atom. The van der Waals surface area contributed by atoms with Crippen molar-refractivity contribution in [1.29, 1.82) is 0 Å². The van der Waals surface area contributed by atoms with Crippen LogP contribution >= 0.6 is 0 Å². The molecule has 0 saturated heterocycles. The van der Waals surface area contributed by atoms with Gasteiger partial charge in [0.1, 0.15) is 0 Å². The normalized spacial score (nSPS) is 12.2. The molecule has 0 aromatic heterocycles. The van der Waals surface area contributed by atoms with E-state index in [-0.39, 0.29) is 13.2 Å². The fraction of sp³-hybridized carbons (Fsp3) is 0.267. The van der Waals surface area contributed by atoms with Crippen LogP contribution in [0.1, 0.15) is 36.5 Å². The largest absolute Gasteiger partial charge is 0.467 e. The Morgan fingerprint density at radius 2 is 1.11 bits per heavy atom. The molecule has 0 amide bonds. The molecule has 37 heavy (non-hydrogen) atoms. The van der Waals surface area contributed by atoms with E-state index in [0.29, 0.717) is 11.3 Å². The summed E-state index contributed by atoms with van der Waals surface area (Å²) in [6, 6.07) is 26.3. The van der Waals surface area contributed by atoms with Crippen LogP contribution < -0.4 is 0 Å². The van der Waals surface area contributed by atoms with Gasteiger partial charge >= 0.3 is 17.9 Å². The maximum atomic E-state index is 13.4. The first-order valence-electron chi connectivity index (χ1n) is 12.2. The van der Waals surface area contributed by atoms with Crippen molar-refractivity contribution in [2.24, 2.45) is 10.9 Å². The Kier molecular flexibility index (Phi) is 10.1. The molecule has 7 heteroatoms. The lowest BCUT2D eigenvalue weighted by Gasteiger charge is -2.29. The highest BCUT2D eigenvalue weighted by molar-refractivity contribution is 6.13. The molecule has 3 aromatic rings. The molecule has 0 radical (unpaired) electrons. The van der Waals surface area contributed by atoms with Crippen molar-refractivity contribution in [2.45, 2.75) is 25.8 Å².